The van der Waals surface area contributed by atoms with Crippen molar-refractivity contribution < 1.29 is 4.79 Å². The van der Waals surface area contributed by atoms with Crippen molar-refractivity contribution in [3.05, 3.63) is 12.2 Å². The van der Waals surface area contributed by atoms with Crippen LogP contribution in [-0.4, -0.2) is 5.78 Å². The Morgan fingerprint density at radius 1 is 1.60 bits per heavy atom. The predicted octanol–water partition coefficient (Wildman–Crippen LogP) is 2.18. The van der Waals surface area contributed by atoms with Gasteiger partial charge in [-0.1, -0.05) is 26.3 Å². The molecule has 1 heteroatoms. The average molecular weight is 138 g/mol. The van der Waals surface area contributed by atoms with Crippen LogP contribution in [0.4, 0.5) is 0 Å². The lowest BCUT2D eigenvalue weighted by Crippen LogP contribution is -2.12. The minimum atomic E-state index is 0.296. The topological polar surface area (TPSA) is 17.1 Å². The fourth-order valence-corrected chi connectivity index (χ4v) is 1.48. The molecule has 2 unspecified atom stereocenters. The van der Waals surface area contributed by atoms with Crippen LogP contribution >= 0.6 is 0 Å². The maximum atomic E-state index is 11.1. The van der Waals surface area contributed by atoms with Crippen molar-refractivity contribution in [1.82, 2.24) is 0 Å². The van der Waals surface area contributed by atoms with E-state index in [0.29, 0.717) is 17.6 Å². The second-order valence-electron chi connectivity index (χ2n) is 3.02. The first-order chi connectivity index (χ1) is 4.75. The molecule has 0 saturated carbocycles. The molecule has 10 heavy (non-hydrogen) atoms. The third-order valence-electron chi connectivity index (χ3n) is 2.16. The van der Waals surface area contributed by atoms with Gasteiger partial charge in [-0.25, -0.2) is 0 Å². The van der Waals surface area contributed by atoms with E-state index in [9.17, 15) is 4.79 Å². The zero-order valence-corrected chi connectivity index (χ0v) is 6.63. The minimum absolute atomic E-state index is 0.296. The molecule has 2 atom stereocenters. The van der Waals surface area contributed by atoms with Crippen LogP contribution in [0.3, 0.4) is 0 Å². The van der Waals surface area contributed by atoms with Crippen molar-refractivity contribution >= 4 is 5.78 Å². The Kier molecular flexibility index (Phi) is 2.25. The molecule has 0 radical (unpaired) electrons. The summed E-state index contributed by atoms with van der Waals surface area (Å²) in [5.74, 6) is 1.10. The normalized spacial score (nSPS) is 31.6. The summed E-state index contributed by atoms with van der Waals surface area (Å²) in [6.45, 7) is 4.24. The zero-order chi connectivity index (χ0) is 7.56. The van der Waals surface area contributed by atoms with Crippen molar-refractivity contribution in [2.45, 2.75) is 26.7 Å². The van der Waals surface area contributed by atoms with Crippen LogP contribution in [0.5, 0.6) is 0 Å². The highest BCUT2D eigenvalue weighted by Crippen LogP contribution is 2.25. The molecule has 0 saturated heterocycles. The van der Waals surface area contributed by atoms with Gasteiger partial charge in [-0.3, -0.25) is 4.79 Å². The van der Waals surface area contributed by atoms with E-state index in [0.717, 1.165) is 12.8 Å². The summed E-state index contributed by atoms with van der Waals surface area (Å²) in [5.41, 5.74) is 0. The van der Waals surface area contributed by atoms with Gasteiger partial charge in [-0.2, -0.15) is 0 Å². The Balaban J connectivity index is 2.52. The maximum Gasteiger partial charge on any atom is 0.159 e. The average Bonchev–Trinajstić information content (AvgIpc) is 2.20. The van der Waals surface area contributed by atoms with E-state index in [4.69, 9.17) is 0 Å². The standard InChI is InChI=1S/C9H14O/c1-3-4-8-7(2)5-6-9(8)10/h5-8H,3-4H2,1-2H3. The second kappa shape index (κ2) is 3.00. The van der Waals surface area contributed by atoms with Crippen LogP contribution < -0.4 is 0 Å². The van der Waals surface area contributed by atoms with E-state index in [1.165, 1.54) is 0 Å². The summed E-state index contributed by atoms with van der Waals surface area (Å²) in [5, 5.41) is 0. The van der Waals surface area contributed by atoms with Crippen molar-refractivity contribution in [2.75, 3.05) is 0 Å². The van der Waals surface area contributed by atoms with Gasteiger partial charge in [0.05, 0.1) is 0 Å². The molecule has 0 N–H and O–H groups in total. The molecule has 1 rings (SSSR count). The molecular weight excluding hydrogens is 124 g/mol. The molecule has 1 aliphatic carbocycles. The van der Waals surface area contributed by atoms with E-state index >= 15 is 0 Å². The molecule has 0 spiro atoms. The fraction of sp³-hybridized carbons (Fsp3) is 0.667. The van der Waals surface area contributed by atoms with E-state index in [2.05, 4.69) is 13.8 Å². The van der Waals surface area contributed by atoms with E-state index < -0.39 is 0 Å². The molecule has 1 nitrogen and oxygen atoms in total. The quantitative estimate of drug-likeness (QED) is 0.571. The summed E-state index contributed by atoms with van der Waals surface area (Å²) >= 11 is 0. The molecule has 0 bridgehead atoms. The van der Waals surface area contributed by atoms with Crippen molar-refractivity contribution in [1.29, 1.82) is 0 Å². The lowest BCUT2D eigenvalue weighted by atomic mass is 9.92. The Bertz CT molecular complexity index is 158. The third kappa shape index (κ3) is 1.28. The summed E-state index contributed by atoms with van der Waals surface area (Å²) in [4.78, 5) is 11.1. The summed E-state index contributed by atoms with van der Waals surface area (Å²) in [7, 11) is 0. The van der Waals surface area contributed by atoms with Crippen molar-refractivity contribution in [3.8, 4) is 0 Å². The van der Waals surface area contributed by atoms with Gasteiger partial charge >= 0.3 is 0 Å². The highest BCUT2D eigenvalue weighted by Gasteiger charge is 2.24. The summed E-state index contributed by atoms with van der Waals surface area (Å²) < 4.78 is 0. The fourth-order valence-electron chi connectivity index (χ4n) is 1.48. The first kappa shape index (κ1) is 7.52. The smallest absolute Gasteiger partial charge is 0.159 e. The van der Waals surface area contributed by atoms with Crippen LogP contribution in [0.1, 0.15) is 26.7 Å². The van der Waals surface area contributed by atoms with Gasteiger partial charge in [0.2, 0.25) is 0 Å². The number of carbonyl (C=O) groups is 1. The molecule has 1 aliphatic rings. The Labute approximate surface area is 62.1 Å². The SMILES string of the molecule is CCCC1C(=O)C=CC1C. The Morgan fingerprint density at radius 2 is 2.30 bits per heavy atom. The minimum Gasteiger partial charge on any atom is -0.295 e. The third-order valence-corrected chi connectivity index (χ3v) is 2.16. The highest BCUT2D eigenvalue weighted by molar-refractivity contribution is 5.94. The van der Waals surface area contributed by atoms with Gasteiger partial charge < -0.3 is 0 Å². The lowest BCUT2D eigenvalue weighted by Gasteiger charge is -2.11. The number of allylic oxidation sites excluding steroid dienone is 2. The van der Waals surface area contributed by atoms with Gasteiger partial charge in [0.15, 0.2) is 5.78 Å². The van der Waals surface area contributed by atoms with Crippen LogP contribution in [0.2, 0.25) is 0 Å². The second-order valence-corrected chi connectivity index (χ2v) is 3.02. The molecule has 0 aliphatic heterocycles. The van der Waals surface area contributed by atoms with E-state index in [-0.39, 0.29) is 0 Å². The zero-order valence-electron chi connectivity index (χ0n) is 6.63. The monoisotopic (exact) mass is 138 g/mol. The highest BCUT2D eigenvalue weighted by atomic mass is 16.1. The van der Waals surface area contributed by atoms with E-state index in [1.807, 2.05) is 6.08 Å². The van der Waals surface area contributed by atoms with Crippen LogP contribution in [0.25, 0.3) is 0 Å². The van der Waals surface area contributed by atoms with E-state index in [1.54, 1.807) is 6.08 Å². The van der Waals surface area contributed by atoms with Crippen LogP contribution in [0, 0.1) is 11.8 Å². The van der Waals surface area contributed by atoms with Gasteiger partial charge in [0, 0.05) is 5.92 Å². The van der Waals surface area contributed by atoms with Gasteiger partial charge in [0.1, 0.15) is 0 Å². The molecule has 0 amide bonds. The van der Waals surface area contributed by atoms with Gasteiger partial charge in [-0.15, -0.1) is 0 Å². The van der Waals surface area contributed by atoms with Crippen molar-refractivity contribution in [2.24, 2.45) is 11.8 Å². The first-order valence-electron chi connectivity index (χ1n) is 3.97. The number of rotatable bonds is 2. The predicted molar refractivity (Wildman–Crippen MR) is 41.7 cm³/mol. The Hall–Kier alpha value is -0.590. The molecule has 56 valence electrons. The largest absolute Gasteiger partial charge is 0.295 e. The first-order valence-corrected chi connectivity index (χ1v) is 3.97. The van der Waals surface area contributed by atoms with Crippen LogP contribution in [0.15, 0.2) is 12.2 Å². The molecular formula is C9H14O. The Morgan fingerprint density at radius 3 is 2.70 bits per heavy atom. The number of ketones is 1. The van der Waals surface area contributed by atoms with Gasteiger partial charge in [-0.05, 0) is 18.4 Å². The van der Waals surface area contributed by atoms with Gasteiger partial charge in [0.25, 0.3) is 0 Å². The molecule has 0 heterocycles. The number of hydrogen-bond donors (Lipinski definition) is 0. The molecule has 0 aromatic carbocycles. The molecule has 0 aromatic heterocycles. The van der Waals surface area contributed by atoms with Crippen LogP contribution in [-0.2, 0) is 4.79 Å². The number of hydrogen-bond acceptors (Lipinski definition) is 1. The molecule has 0 aromatic rings. The van der Waals surface area contributed by atoms with Crippen molar-refractivity contribution in [3.63, 3.8) is 0 Å². The summed E-state index contributed by atoms with van der Waals surface area (Å²) in [6.07, 6.45) is 5.91. The molecule has 0 fully saturated rings. The number of carbonyl (C=O) groups excluding carboxylic acids is 1. The lowest BCUT2D eigenvalue weighted by molar-refractivity contribution is -0.118. The summed E-state index contributed by atoms with van der Waals surface area (Å²) in [6, 6.07) is 0. The maximum absolute atomic E-state index is 11.1.